The lowest BCUT2D eigenvalue weighted by Crippen LogP contribution is -2.34. The average molecular weight is 419 g/mol. The zero-order valence-electron chi connectivity index (χ0n) is 16.9. The van der Waals surface area contributed by atoms with Gasteiger partial charge in [-0.3, -0.25) is 9.59 Å². The fourth-order valence-electron chi connectivity index (χ4n) is 3.54. The average Bonchev–Trinajstić information content (AvgIpc) is 2.96. The lowest BCUT2D eigenvalue weighted by atomic mass is 9.76. The lowest BCUT2D eigenvalue weighted by molar-refractivity contribution is 0.0889. The number of sulfonamides is 1. The molecule has 0 radical (unpaired) electrons. The third-order valence-corrected chi connectivity index (χ3v) is 6.30. The molecular formula is C21H26N2O5S. The minimum Gasteiger partial charge on any atom is -0.455 e. The van der Waals surface area contributed by atoms with Gasteiger partial charge in [-0.25, -0.2) is 13.1 Å². The van der Waals surface area contributed by atoms with E-state index in [1.807, 2.05) is 44.2 Å². The van der Waals surface area contributed by atoms with Crippen LogP contribution in [0.4, 0.5) is 0 Å². The number of fused-ring (bicyclic) bond motifs is 1. The molecule has 0 fully saturated rings. The number of carbonyl (C=O) groups excluding carboxylic acids is 2. The Kier molecular flexibility index (Phi) is 5.95. The van der Waals surface area contributed by atoms with Crippen molar-refractivity contribution in [3.63, 3.8) is 0 Å². The normalized spacial score (nSPS) is 15.8. The molecule has 156 valence electrons. The van der Waals surface area contributed by atoms with Crippen molar-refractivity contribution in [1.29, 1.82) is 0 Å². The molecule has 2 aromatic rings. The maximum absolute atomic E-state index is 12.5. The van der Waals surface area contributed by atoms with Crippen molar-refractivity contribution in [3.05, 3.63) is 58.5 Å². The molecule has 0 saturated heterocycles. The molecule has 7 nitrogen and oxygen atoms in total. The Morgan fingerprint density at radius 1 is 1.17 bits per heavy atom. The highest BCUT2D eigenvalue weighted by Crippen LogP contribution is 2.38. The number of nitrogens with one attached hydrogen (secondary N) is 2. The minimum absolute atomic E-state index is 0.0239. The second-order valence-electron chi connectivity index (χ2n) is 8.18. The Morgan fingerprint density at radius 3 is 2.55 bits per heavy atom. The fourth-order valence-corrected chi connectivity index (χ4v) is 4.44. The van der Waals surface area contributed by atoms with Crippen molar-refractivity contribution < 1.29 is 22.4 Å². The summed E-state index contributed by atoms with van der Waals surface area (Å²) in [6, 6.07) is 9.18. The van der Waals surface area contributed by atoms with Crippen molar-refractivity contribution >= 4 is 21.7 Å². The van der Waals surface area contributed by atoms with Gasteiger partial charge in [0.2, 0.25) is 10.0 Å². The molecule has 0 unspecified atom stereocenters. The number of benzene rings is 1. The summed E-state index contributed by atoms with van der Waals surface area (Å²) in [5, 5.41) is 2.58. The predicted octanol–water partition coefficient (Wildman–Crippen LogP) is 2.59. The van der Waals surface area contributed by atoms with Gasteiger partial charge >= 0.3 is 0 Å². The summed E-state index contributed by atoms with van der Waals surface area (Å²) in [5.74, 6) is -0.177. The van der Waals surface area contributed by atoms with Crippen molar-refractivity contribution in [2.75, 3.05) is 12.3 Å². The van der Waals surface area contributed by atoms with E-state index in [0.717, 1.165) is 5.56 Å². The SMILES string of the molecule is Cc1c(C(=O)NCCS(=O)(=O)NCc2ccccc2)oc2c1C(=O)CC(C)(C)C2. The van der Waals surface area contributed by atoms with Crippen LogP contribution in [0.2, 0.25) is 0 Å². The summed E-state index contributed by atoms with van der Waals surface area (Å²) in [5.41, 5.74) is 1.65. The Labute approximate surface area is 170 Å². The number of furan rings is 1. The van der Waals surface area contributed by atoms with Crippen molar-refractivity contribution in [2.24, 2.45) is 5.41 Å². The standard InChI is InChI=1S/C21H26N2O5S/c1-14-18-16(24)11-21(2,3)12-17(18)28-19(14)20(25)22-9-10-29(26,27)23-13-15-7-5-4-6-8-15/h4-8,23H,9-13H2,1-3H3,(H,22,25). The van der Waals surface area contributed by atoms with Gasteiger partial charge in [0.1, 0.15) is 5.76 Å². The van der Waals surface area contributed by atoms with E-state index in [2.05, 4.69) is 10.0 Å². The summed E-state index contributed by atoms with van der Waals surface area (Å²) in [6.45, 7) is 5.79. The molecule has 1 aromatic heterocycles. The van der Waals surface area contributed by atoms with Gasteiger partial charge in [0.25, 0.3) is 5.91 Å². The van der Waals surface area contributed by atoms with Crippen molar-refractivity contribution in [2.45, 2.75) is 40.2 Å². The molecule has 1 aromatic carbocycles. The molecule has 3 rings (SSSR count). The van der Waals surface area contributed by atoms with Gasteiger partial charge < -0.3 is 9.73 Å². The van der Waals surface area contributed by atoms with Crippen LogP contribution >= 0.6 is 0 Å². The Balaban J connectivity index is 1.58. The molecule has 0 spiro atoms. The molecule has 0 aliphatic heterocycles. The van der Waals surface area contributed by atoms with Crippen molar-refractivity contribution in [1.82, 2.24) is 10.0 Å². The van der Waals surface area contributed by atoms with Crippen LogP contribution in [0.3, 0.4) is 0 Å². The smallest absolute Gasteiger partial charge is 0.287 e. The zero-order valence-corrected chi connectivity index (χ0v) is 17.7. The Bertz CT molecular complexity index is 1020. The van der Waals surface area contributed by atoms with Crippen LogP contribution in [0.1, 0.15) is 58.1 Å². The first-order chi connectivity index (χ1) is 13.6. The summed E-state index contributed by atoms with van der Waals surface area (Å²) >= 11 is 0. The van der Waals surface area contributed by atoms with Gasteiger partial charge in [0.15, 0.2) is 11.5 Å². The number of ketones is 1. The Morgan fingerprint density at radius 2 is 1.86 bits per heavy atom. The van der Waals surface area contributed by atoms with E-state index in [1.54, 1.807) is 6.92 Å². The summed E-state index contributed by atoms with van der Waals surface area (Å²) < 4.78 is 32.5. The van der Waals surface area contributed by atoms with Crippen LogP contribution in [0.25, 0.3) is 0 Å². The molecule has 1 heterocycles. The van der Waals surface area contributed by atoms with E-state index in [4.69, 9.17) is 4.42 Å². The van der Waals surface area contributed by atoms with Crippen LogP contribution in [-0.2, 0) is 23.0 Å². The molecule has 0 atom stereocenters. The van der Waals surface area contributed by atoms with E-state index in [-0.39, 0.29) is 35.8 Å². The molecule has 1 aliphatic rings. The molecule has 1 amide bonds. The van der Waals surface area contributed by atoms with E-state index in [1.165, 1.54) is 0 Å². The third-order valence-electron chi connectivity index (χ3n) is 4.98. The van der Waals surface area contributed by atoms with Gasteiger partial charge in [-0.2, -0.15) is 0 Å². The topological polar surface area (TPSA) is 105 Å². The van der Waals surface area contributed by atoms with Crippen molar-refractivity contribution in [3.8, 4) is 0 Å². The summed E-state index contributed by atoms with van der Waals surface area (Å²) in [4.78, 5) is 24.9. The highest BCUT2D eigenvalue weighted by atomic mass is 32.2. The van der Waals surface area contributed by atoms with Crippen LogP contribution < -0.4 is 10.0 Å². The molecule has 2 N–H and O–H groups in total. The van der Waals surface area contributed by atoms with Crippen LogP contribution in [0.5, 0.6) is 0 Å². The molecule has 8 heteroatoms. The van der Waals surface area contributed by atoms with E-state index >= 15 is 0 Å². The molecule has 1 aliphatic carbocycles. The number of carbonyl (C=O) groups is 2. The highest BCUT2D eigenvalue weighted by molar-refractivity contribution is 7.89. The van der Waals surface area contributed by atoms with Crippen LogP contribution in [0.15, 0.2) is 34.7 Å². The van der Waals surface area contributed by atoms with Crippen LogP contribution in [-0.4, -0.2) is 32.4 Å². The lowest BCUT2D eigenvalue weighted by Gasteiger charge is -2.27. The monoisotopic (exact) mass is 418 g/mol. The zero-order chi connectivity index (χ0) is 21.2. The summed E-state index contributed by atoms with van der Waals surface area (Å²) in [6.07, 6.45) is 0.993. The van der Waals surface area contributed by atoms with Gasteiger partial charge in [-0.1, -0.05) is 44.2 Å². The highest BCUT2D eigenvalue weighted by Gasteiger charge is 2.37. The molecule has 0 bridgehead atoms. The first-order valence-electron chi connectivity index (χ1n) is 9.53. The van der Waals surface area contributed by atoms with Gasteiger partial charge in [0, 0.05) is 31.5 Å². The summed E-state index contributed by atoms with van der Waals surface area (Å²) in [7, 11) is -3.54. The number of hydrogen-bond donors (Lipinski definition) is 2. The Hall–Kier alpha value is -2.45. The van der Waals surface area contributed by atoms with E-state index in [0.29, 0.717) is 29.7 Å². The van der Waals surface area contributed by atoms with E-state index < -0.39 is 15.9 Å². The second-order valence-corrected chi connectivity index (χ2v) is 10.1. The predicted molar refractivity (Wildman–Crippen MR) is 109 cm³/mol. The number of hydrogen-bond acceptors (Lipinski definition) is 5. The molecule has 29 heavy (non-hydrogen) atoms. The maximum atomic E-state index is 12.5. The maximum Gasteiger partial charge on any atom is 0.287 e. The number of rotatable bonds is 7. The minimum atomic E-state index is -3.54. The van der Waals surface area contributed by atoms with Gasteiger partial charge in [-0.15, -0.1) is 0 Å². The second kappa shape index (κ2) is 8.12. The van der Waals surface area contributed by atoms with Gasteiger partial charge in [0.05, 0.1) is 11.3 Å². The number of Topliss-reactive ketones (excluding diaryl/α,β-unsaturated/α-hetero) is 1. The molecular weight excluding hydrogens is 392 g/mol. The molecule has 0 saturated carbocycles. The quantitative estimate of drug-likeness (QED) is 0.719. The first-order valence-corrected chi connectivity index (χ1v) is 11.2. The fraction of sp³-hybridized carbons (Fsp3) is 0.429. The van der Waals surface area contributed by atoms with Gasteiger partial charge in [-0.05, 0) is 17.9 Å². The van der Waals surface area contributed by atoms with Crippen LogP contribution in [0, 0.1) is 12.3 Å². The largest absolute Gasteiger partial charge is 0.455 e. The third kappa shape index (κ3) is 5.13. The first kappa shape index (κ1) is 21.3. The number of amides is 1. The van der Waals surface area contributed by atoms with E-state index in [9.17, 15) is 18.0 Å².